The summed E-state index contributed by atoms with van der Waals surface area (Å²) in [5.41, 5.74) is 8.37. The van der Waals surface area contributed by atoms with Crippen molar-refractivity contribution in [1.82, 2.24) is 15.1 Å². The quantitative estimate of drug-likeness (QED) is 0.424. The minimum absolute atomic E-state index is 0.213. The SMILES string of the molecule is NOC(=O)C1=C(CSc2nncs2)CSC2C(N)C(=O)N12. The van der Waals surface area contributed by atoms with Crippen molar-refractivity contribution in [3.8, 4) is 0 Å². The highest BCUT2D eigenvalue weighted by Gasteiger charge is 2.52. The van der Waals surface area contributed by atoms with Crippen molar-refractivity contribution in [1.29, 1.82) is 0 Å². The molecule has 11 heteroatoms. The van der Waals surface area contributed by atoms with Crippen molar-refractivity contribution in [2.45, 2.75) is 15.8 Å². The van der Waals surface area contributed by atoms with Crippen molar-refractivity contribution in [3.05, 3.63) is 16.8 Å². The second-order valence-electron chi connectivity index (χ2n) is 4.29. The topological polar surface area (TPSA) is 124 Å². The van der Waals surface area contributed by atoms with Crippen molar-refractivity contribution in [2.75, 3.05) is 11.5 Å². The molecule has 2 aliphatic heterocycles. The summed E-state index contributed by atoms with van der Waals surface area (Å²) in [5.74, 6) is 5.09. The van der Waals surface area contributed by atoms with Gasteiger partial charge >= 0.3 is 5.97 Å². The van der Waals surface area contributed by atoms with E-state index in [1.165, 1.54) is 39.8 Å². The normalized spacial score (nSPS) is 24.7. The maximum absolute atomic E-state index is 11.9. The summed E-state index contributed by atoms with van der Waals surface area (Å²) < 4.78 is 0.793. The number of thioether (sulfide) groups is 2. The Bertz CT molecular complexity index is 605. The molecule has 2 atom stereocenters. The summed E-state index contributed by atoms with van der Waals surface area (Å²) >= 11 is 4.39. The summed E-state index contributed by atoms with van der Waals surface area (Å²) in [5, 5.41) is 7.46. The number of carbonyl (C=O) groups is 2. The van der Waals surface area contributed by atoms with Gasteiger partial charge in [-0.15, -0.1) is 22.0 Å². The van der Waals surface area contributed by atoms with Gasteiger partial charge < -0.3 is 10.6 Å². The van der Waals surface area contributed by atoms with Gasteiger partial charge in [0.1, 0.15) is 22.6 Å². The molecule has 1 saturated heterocycles. The van der Waals surface area contributed by atoms with Crippen LogP contribution < -0.4 is 11.6 Å². The van der Waals surface area contributed by atoms with Crippen LogP contribution in [0, 0.1) is 0 Å². The Labute approximate surface area is 132 Å². The Balaban J connectivity index is 1.84. The van der Waals surface area contributed by atoms with Crippen LogP contribution in [0.5, 0.6) is 0 Å². The van der Waals surface area contributed by atoms with Crippen LogP contribution in [0.15, 0.2) is 21.1 Å². The third-order valence-corrected chi connectivity index (χ3v) is 6.41. The number of hydrogen-bond acceptors (Lipinski definition) is 10. The maximum atomic E-state index is 11.9. The number of rotatable bonds is 4. The summed E-state index contributed by atoms with van der Waals surface area (Å²) in [7, 11) is 0. The van der Waals surface area contributed by atoms with E-state index >= 15 is 0 Å². The van der Waals surface area contributed by atoms with Crippen LogP contribution >= 0.6 is 34.9 Å². The molecule has 21 heavy (non-hydrogen) atoms. The zero-order valence-electron chi connectivity index (χ0n) is 10.6. The third-order valence-electron chi connectivity index (χ3n) is 3.10. The van der Waals surface area contributed by atoms with E-state index in [2.05, 4.69) is 15.0 Å². The highest BCUT2D eigenvalue weighted by molar-refractivity contribution is 8.01. The van der Waals surface area contributed by atoms with Crippen LogP contribution in [0.4, 0.5) is 0 Å². The summed E-state index contributed by atoms with van der Waals surface area (Å²) in [6, 6.07) is -0.576. The summed E-state index contributed by atoms with van der Waals surface area (Å²) in [4.78, 5) is 29.5. The van der Waals surface area contributed by atoms with Crippen LogP contribution in [0.1, 0.15) is 0 Å². The van der Waals surface area contributed by atoms with Gasteiger partial charge in [-0.3, -0.25) is 9.69 Å². The summed E-state index contributed by atoms with van der Waals surface area (Å²) in [6.07, 6.45) is 0. The minimum atomic E-state index is -0.714. The van der Waals surface area contributed by atoms with Crippen molar-refractivity contribution in [2.24, 2.45) is 11.6 Å². The summed E-state index contributed by atoms with van der Waals surface area (Å²) in [6.45, 7) is 0. The lowest BCUT2D eigenvalue weighted by molar-refractivity contribution is -0.151. The molecule has 2 unspecified atom stereocenters. The molecule has 0 radical (unpaired) electrons. The van der Waals surface area contributed by atoms with E-state index in [9.17, 15) is 9.59 Å². The van der Waals surface area contributed by atoms with Crippen LogP contribution in [0.3, 0.4) is 0 Å². The van der Waals surface area contributed by atoms with Crippen molar-refractivity contribution >= 4 is 46.7 Å². The zero-order chi connectivity index (χ0) is 15.0. The fourth-order valence-corrected chi connectivity index (χ4v) is 5.03. The monoisotopic (exact) mass is 345 g/mol. The molecular formula is C10H11N5O3S3. The molecule has 3 rings (SSSR count). The largest absolute Gasteiger partial charge is 0.373 e. The van der Waals surface area contributed by atoms with E-state index in [1.54, 1.807) is 5.51 Å². The molecule has 2 aliphatic rings. The van der Waals surface area contributed by atoms with Gasteiger partial charge in [-0.1, -0.05) is 23.1 Å². The smallest absolute Gasteiger partial charge is 0.369 e. The average Bonchev–Trinajstić information content (AvgIpc) is 3.03. The Morgan fingerprint density at radius 1 is 1.62 bits per heavy atom. The Morgan fingerprint density at radius 3 is 3.10 bits per heavy atom. The molecule has 8 nitrogen and oxygen atoms in total. The van der Waals surface area contributed by atoms with Gasteiger partial charge in [-0.25, -0.2) is 4.79 Å². The van der Waals surface area contributed by atoms with Crippen LogP contribution in [0.25, 0.3) is 0 Å². The van der Waals surface area contributed by atoms with Crippen LogP contribution in [-0.4, -0.2) is 49.9 Å². The van der Waals surface area contributed by atoms with Gasteiger partial charge in [0.25, 0.3) is 0 Å². The van der Waals surface area contributed by atoms with Gasteiger partial charge in [0.05, 0.1) is 0 Å². The van der Waals surface area contributed by atoms with E-state index in [4.69, 9.17) is 11.6 Å². The number of fused-ring (bicyclic) bond motifs is 1. The van der Waals surface area contributed by atoms with Crippen molar-refractivity contribution < 1.29 is 14.4 Å². The molecule has 112 valence electrons. The first kappa shape index (κ1) is 14.8. The molecule has 0 spiro atoms. The Kier molecular flexibility index (Phi) is 4.17. The van der Waals surface area contributed by atoms with Crippen LogP contribution in [0.2, 0.25) is 0 Å². The minimum Gasteiger partial charge on any atom is -0.369 e. The molecule has 1 amide bonds. The molecule has 3 heterocycles. The Morgan fingerprint density at radius 2 is 2.43 bits per heavy atom. The molecule has 0 bridgehead atoms. The first-order chi connectivity index (χ1) is 10.1. The first-order valence-electron chi connectivity index (χ1n) is 5.85. The highest BCUT2D eigenvalue weighted by Crippen LogP contribution is 2.41. The number of nitrogens with two attached hydrogens (primary N) is 2. The standard InChI is InChI=1S/C10H11N5O3S3/c11-5-7(16)15-6(9(17)18-12)4(1-19-8(5)15)2-20-10-14-13-3-21-10/h3,5,8H,1-2,11-12H2. The molecule has 0 aliphatic carbocycles. The molecule has 1 aromatic heterocycles. The van der Waals surface area contributed by atoms with Crippen molar-refractivity contribution in [3.63, 3.8) is 0 Å². The lowest BCUT2D eigenvalue weighted by atomic mass is 10.0. The van der Waals surface area contributed by atoms with Gasteiger partial charge in [-0.05, 0) is 5.57 Å². The van der Waals surface area contributed by atoms with E-state index < -0.39 is 12.0 Å². The van der Waals surface area contributed by atoms with E-state index in [-0.39, 0.29) is 17.0 Å². The number of hydrogen-bond donors (Lipinski definition) is 2. The number of amides is 1. The second kappa shape index (κ2) is 5.93. The molecule has 0 aromatic carbocycles. The Hall–Kier alpha value is -1.14. The average molecular weight is 345 g/mol. The van der Waals surface area contributed by atoms with Crippen LogP contribution in [-0.2, 0) is 14.4 Å². The lowest BCUT2D eigenvalue weighted by Gasteiger charge is -2.48. The van der Waals surface area contributed by atoms with E-state index in [1.807, 2.05) is 0 Å². The highest BCUT2D eigenvalue weighted by atomic mass is 32.2. The second-order valence-corrected chi connectivity index (χ2v) is 7.45. The van der Waals surface area contributed by atoms with E-state index in [0.29, 0.717) is 11.5 Å². The van der Waals surface area contributed by atoms with Gasteiger partial charge in [0.15, 0.2) is 4.34 Å². The first-order valence-corrected chi connectivity index (χ1v) is 8.77. The number of aromatic nitrogens is 2. The van der Waals surface area contributed by atoms with Gasteiger partial charge in [0.2, 0.25) is 5.91 Å². The van der Waals surface area contributed by atoms with Gasteiger partial charge in [-0.2, -0.15) is 5.90 Å². The number of nitrogens with zero attached hydrogens (tertiary/aromatic N) is 3. The molecule has 1 fully saturated rings. The fourth-order valence-electron chi connectivity index (χ4n) is 2.11. The molecule has 4 N–H and O–H groups in total. The third kappa shape index (κ3) is 2.55. The molecule has 1 aromatic rings. The number of β-lactam (4-membered cyclic amide) rings is 1. The van der Waals surface area contributed by atoms with E-state index in [0.717, 1.165) is 9.91 Å². The predicted octanol–water partition coefficient (Wildman–Crippen LogP) is -0.456. The maximum Gasteiger partial charge on any atom is 0.373 e. The molecular weight excluding hydrogens is 334 g/mol. The predicted molar refractivity (Wildman–Crippen MR) is 79.0 cm³/mol. The number of carbonyl (C=O) groups excluding carboxylic acids is 2. The zero-order valence-corrected chi connectivity index (χ0v) is 13.0. The molecule has 0 saturated carbocycles. The van der Waals surface area contributed by atoms with Gasteiger partial charge in [0, 0.05) is 11.5 Å². The fraction of sp³-hybridized carbons (Fsp3) is 0.400. The lowest BCUT2D eigenvalue weighted by Crippen LogP contribution is -2.68.